The molecule has 0 spiro atoms. The summed E-state index contributed by atoms with van der Waals surface area (Å²) >= 11 is -3.80. The van der Waals surface area contributed by atoms with Crippen LogP contribution < -0.4 is 28.7 Å². The Labute approximate surface area is 201 Å². The third kappa shape index (κ3) is 2.18. The molecule has 160 valence electrons. The third-order valence-electron chi connectivity index (χ3n) is 7.26. The first kappa shape index (κ1) is 18.7. The Bertz CT molecular complexity index is 1540. The van der Waals surface area contributed by atoms with Crippen molar-refractivity contribution in [1.29, 1.82) is 0 Å². The van der Waals surface area contributed by atoms with Crippen molar-refractivity contribution in [3.63, 3.8) is 0 Å². The Morgan fingerprint density at radius 1 is 0.441 bits per heavy atom. The van der Waals surface area contributed by atoms with Crippen LogP contribution in [-0.4, -0.2) is 18.4 Å². The molecule has 5 aromatic rings. The van der Waals surface area contributed by atoms with Gasteiger partial charge in [-0.1, -0.05) is 0 Å². The molecular formula is C30H19NO2Sn. The average Bonchev–Trinajstić information content (AvgIpc) is 2.90. The van der Waals surface area contributed by atoms with Crippen molar-refractivity contribution in [3.8, 4) is 23.0 Å². The molecule has 0 atom stereocenters. The van der Waals surface area contributed by atoms with Gasteiger partial charge in [0.15, 0.2) is 0 Å². The second-order valence-corrected chi connectivity index (χ2v) is 19.1. The number of anilines is 3. The second-order valence-electron chi connectivity index (χ2n) is 8.92. The molecular weight excluding hydrogens is 525 g/mol. The Morgan fingerprint density at radius 2 is 0.912 bits per heavy atom. The molecule has 3 nitrogen and oxygen atoms in total. The predicted molar refractivity (Wildman–Crippen MR) is 138 cm³/mol. The molecule has 3 heterocycles. The Hall–Kier alpha value is -3.70. The maximum atomic E-state index is 6.63. The van der Waals surface area contributed by atoms with E-state index in [1.54, 1.807) is 0 Å². The van der Waals surface area contributed by atoms with Gasteiger partial charge in [0.2, 0.25) is 0 Å². The zero-order valence-corrected chi connectivity index (χ0v) is 21.1. The van der Waals surface area contributed by atoms with Gasteiger partial charge in [0.05, 0.1) is 0 Å². The van der Waals surface area contributed by atoms with Gasteiger partial charge < -0.3 is 0 Å². The van der Waals surface area contributed by atoms with Crippen LogP contribution in [0.5, 0.6) is 23.0 Å². The SMILES string of the molecule is c1ccc(N2c3cccc4[c]3[Sn]3([c]5ccccc5)[c]5c(cccc5Oc5cccc2[c]53)O4)cc1. The summed E-state index contributed by atoms with van der Waals surface area (Å²) in [5, 5.41) is 0. The van der Waals surface area contributed by atoms with E-state index < -0.39 is 18.4 Å². The van der Waals surface area contributed by atoms with E-state index in [9.17, 15) is 0 Å². The third-order valence-corrected chi connectivity index (χ3v) is 21.4. The topological polar surface area (TPSA) is 21.7 Å². The average molecular weight is 544 g/mol. The van der Waals surface area contributed by atoms with E-state index in [0.717, 1.165) is 28.7 Å². The van der Waals surface area contributed by atoms with Crippen LogP contribution in [0.3, 0.4) is 0 Å². The van der Waals surface area contributed by atoms with E-state index >= 15 is 0 Å². The Balaban J connectivity index is 1.62. The van der Waals surface area contributed by atoms with E-state index in [0.29, 0.717) is 0 Å². The quantitative estimate of drug-likeness (QED) is 0.285. The molecule has 3 aliphatic heterocycles. The molecule has 0 saturated heterocycles. The number of ether oxygens (including phenoxy) is 2. The molecule has 0 aliphatic carbocycles. The number of hydrogen-bond acceptors (Lipinski definition) is 3. The van der Waals surface area contributed by atoms with Crippen LogP contribution in [0, 0.1) is 0 Å². The van der Waals surface area contributed by atoms with Gasteiger partial charge in [0.25, 0.3) is 0 Å². The van der Waals surface area contributed by atoms with Crippen molar-refractivity contribution in [2.24, 2.45) is 0 Å². The molecule has 4 heteroatoms. The predicted octanol–water partition coefficient (Wildman–Crippen LogP) is 5.06. The summed E-state index contributed by atoms with van der Waals surface area (Å²) in [6.45, 7) is 0. The van der Waals surface area contributed by atoms with Crippen LogP contribution in [0.4, 0.5) is 17.1 Å². The number of hydrogen-bond donors (Lipinski definition) is 0. The van der Waals surface area contributed by atoms with Gasteiger partial charge in [-0.15, -0.1) is 0 Å². The molecule has 0 unspecified atom stereocenters. The van der Waals surface area contributed by atoms with Gasteiger partial charge in [0.1, 0.15) is 0 Å². The zero-order valence-electron chi connectivity index (χ0n) is 18.2. The van der Waals surface area contributed by atoms with E-state index in [4.69, 9.17) is 9.47 Å². The molecule has 0 fully saturated rings. The molecule has 0 N–H and O–H groups in total. The monoisotopic (exact) mass is 545 g/mol. The minimum atomic E-state index is -3.80. The molecule has 8 rings (SSSR count). The summed E-state index contributed by atoms with van der Waals surface area (Å²) in [6, 6.07) is 41.0. The second kappa shape index (κ2) is 6.67. The Kier molecular flexibility index (Phi) is 3.67. The zero-order chi connectivity index (χ0) is 22.3. The van der Waals surface area contributed by atoms with E-state index in [-0.39, 0.29) is 0 Å². The van der Waals surface area contributed by atoms with E-state index in [1.807, 2.05) is 6.07 Å². The fourth-order valence-electron chi connectivity index (χ4n) is 6.10. The summed E-state index contributed by atoms with van der Waals surface area (Å²) < 4.78 is 18.7. The van der Waals surface area contributed by atoms with Crippen molar-refractivity contribution in [2.45, 2.75) is 0 Å². The minimum absolute atomic E-state index is 0.940. The number of rotatable bonds is 2. The van der Waals surface area contributed by atoms with E-state index in [1.165, 1.54) is 25.7 Å². The van der Waals surface area contributed by atoms with Crippen LogP contribution in [0.25, 0.3) is 0 Å². The molecule has 0 radical (unpaired) electrons. The van der Waals surface area contributed by atoms with Gasteiger partial charge in [0, 0.05) is 0 Å². The van der Waals surface area contributed by atoms with Crippen molar-refractivity contribution >= 4 is 49.8 Å². The molecule has 0 aromatic heterocycles. The Morgan fingerprint density at radius 3 is 1.47 bits per heavy atom. The molecule has 0 amide bonds. The summed E-state index contributed by atoms with van der Waals surface area (Å²) in [7, 11) is 0. The van der Waals surface area contributed by atoms with Gasteiger partial charge in [-0.05, 0) is 0 Å². The summed E-state index contributed by atoms with van der Waals surface area (Å²) in [4.78, 5) is 2.39. The van der Waals surface area contributed by atoms with Crippen LogP contribution >= 0.6 is 0 Å². The summed E-state index contributed by atoms with van der Waals surface area (Å²) in [5.41, 5.74) is 3.58. The molecule has 34 heavy (non-hydrogen) atoms. The number of benzene rings is 5. The first-order valence-corrected chi connectivity index (χ1v) is 17.2. The standard InChI is InChI=1S/C24H14NO2.C6H5.Sn/c1-2-7-18(8-3-1)25-19-9-4-11-21(15-19)26-23-13-6-14-24(17-23)27-22-12-5-10-20(25)16-22;1-2-4-6-5-3-1;/h1-14H;1-5H;. The van der Waals surface area contributed by atoms with Crippen molar-refractivity contribution < 1.29 is 9.47 Å². The molecule has 3 aliphatic rings. The van der Waals surface area contributed by atoms with Crippen LogP contribution in [0.2, 0.25) is 0 Å². The van der Waals surface area contributed by atoms with Gasteiger partial charge in [-0.25, -0.2) is 0 Å². The molecule has 5 aromatic carbocycles. The van der Waals surface area contributed by atoms with Gasteiger partial charge in [-0.3, -0.25) is 0 Å². The first-order chi connectivity index (χ1) is 16.9. The number of para-hydroxylation sites is 1. The van der Waals surface area contributed by atoms with Crippen LogP contribution in [-0.2, 0) is 0 Å². The fourth-order valence-corrected chi connectivity index (χ4v) is 21.8. The number of nitrogens with zero attached hydrogens (tertiary/aromatic N) is 1. The molecule has 0 saturated carbocycles. The van der Waals surface area contributed by atoms with Crippen molar-refractivity contribution in [2.75, 3.05) is 4.90 Å². The first-order valence-electron chi connectivity index (χ1n) is 11.5. The van der Waals surface area contributed by atoms with Crippen molar-refractivity contribution in [1.82, 2.24) is 0 Å². The molecule has 0 bridgehead atoms. The van der Waals surface area contributed by atoms with Gasteiger partial charge in [-0.2, -0.15) is 0 Å². The maximum absolute atomic E-state index is 6.63. The fraction of sp³-hybridized carbons (Fsp3) is 0. The van der Waals surface area contributed by atoms with E-state index in [2.05, 4.69) is 114 Å². The summed E-state index contributed by atoms with van der Waals surface area (Å²) in [5.74, 6) is 3.83. The summed E-state index contributed by atoms with van der Waals surface area (Å²) in [6.07, 6.45) is 0. The van der Waals surface area contributed by atoms with Crippen molar-refractivity contribution in [3.05, 3.63) is 115 Å². The van der Waals surface area contributed by atoms with Crippen LogP contribution in [0.15, 0.2) is 115 Å². The normalized spacial score (nSPS) is 15.1. The van der Waals surface area contributed by atoms with Crippen LogP contribution in [0.1, 0.15) is 0 Å². The van der Waals surface area contributed by atoms with Gasteiger partial charge >= 0.3 is 202 Å².